The van der Waals surface area contributed by atoms with Crippen molar-refractivity contribution in [3.8, 4) is 11.5 Å². The number of allylic oxidation sites excluding steroid dienone is 1. The number of benzene rings is 4. The van der Waals surface area contributed by atoms with Crippen molar-refractivity contribution in [2.75, 3.05) is 13.1 Å². The molecule has 1 saturated heterocycles. The second-order valence-electron chi connectivity index (χ2n) is 9.61. The highest BCUT2D eigenvalue weighted by Crippen LogP contribution is 2.42. The molecule has 1 amide bonds. The van der Waals surface area contributed by atoms with Crippen LogP contribution in [0, 0.1) is 0 Å². The third-order valence-corrected chi connectivity index (χ3v) is 7.13. The van der Waals surface area contributed by atoms with Crippen molar-refractivity contribution in [1.29, 1.82) is 0 Å². The van der Waals surface area contributed by atoms with Gasteiger partial charge in [0.2, 0.25) is 0 Å². The van der Waals surface area contributed by atoms with Crippen molar-refractivity contribution >= 4 is 17.2 Å². The number of carbonyl (C=O) groups excluding carboxylic acids is 1. The number of hydrogen-bond donors (Lipinski definition) is 0. The molecule has 1 fully saturated rings. The average molecular weight is 504 g/mol. The molecular formula is C33H29NO4. The molecule has 2 aliphatic rings. The van der Waals surface area contributed by atoms with Crippen LogP contribution >= 0.6 is 0 Å². The summed E-state index contributed by atoms with van der Waals surface area (Å²) in [5.74, 6) is 1.37. The van der Waals surface area contributed by atoms with E-state index in [4.69, 9.17) is 14.5 Å². The molecule has 4 aromatic rings. The van der Waals surface area contributed by atoms with Gasteiger partial charge in [0.25, 0.3) is 0 Å². The monoisotopic (exact) mass is 503 g/mol. The molecule has 0 atom stereocenters. The summed E-state index contributed by atoms with van der Waals surface area (Å²) < 4.78 is 6.12. The number of amides is 1. The van der Waals surface area contributed by atoms with Crippen LogP contribution in [0.1, 0.15) is 40.7 Å². The zero-order valence-corrected chi connectivity index (χ0v) is 21.1. The summed E-state index contributed by atoms with van der Waals surface area (Å²) >= 11 is 0. The van der Waals surface area contributed by atoms with E-state index in [1.165, 1.54) is 27.8 Å². The smallest absolute Gasteiger partial charge is 0.452 e. The van der Waals surface area contributed by atoms with Crippen LogP contribution in [0.25, 0.3) is 11.1 Å². The van der Waals surface area contributed by atoms with Crippen LogP contribution in [-0.4, -0.2) is 24.1 Å². The van der Waals surface area contributed by atoms with Crippen molar-refractivity contribution in [3.63, 3.8) is 0 Å². The first-order chi connectivity index (χ1) is 18.7. The van der Waals surface area contributed by atoms with Crippen molar-refractivity contribution < 1.29 is 19.3 Å². The van der Waals surface area contributed by atoms with E-state index < -0.39 is 6.09 Å². The summed E-state index contributed by atoms with van der Waals surface area (Å²) in [5, 5.41) is 0. The first-order valence-electron chi connectivity index (χ1n) is 13.1. The van der Waals surface area contributed by atoms with E-state index in [1.807, 2.05) is 48.5 Å². The highest BCUT2D eigenvalue weighted by Gasteiger charge is 2.24. The molecule has 5 heteroatoms. The Hall–Kier alpha value is -4.51. The largest absolute Gasteiger partial charge is 0.489 e. The first kappa shape index (κ1) is 23.9. The van der Waals surface area contributed by atoms with Crippen LogP contribution in [0.15, 0.2) is 103 Å². The highest BCUT2D eigenvalue weighted by atomic mass is 17.2. The maximum Gasteiger partial charge on any atom is 0.452 e. The van der Waals surface area contributed by atoms with Gasteiger partial charge in [-0.15, -0.1) is 0 Å². The Morgan fingerprint density at radius 3 is 2.16 bits per heavy atom. The van der Waals surface area contributed by atoms with Crippen molar-refractivity contribution in [2.45, 2.75) is 25.9 Å². The lowest BCUT2D eigenvalue weighted by Gasteiger charge is -2.28. The van der Waals surface area contributed by atoms with Gasteiger partial charge in [0.1, 0.15) is 12.4 Å². The third kappa shape index (κ3) is 5.14. The fourth-order valence-electron chi connectivity index (χ4n) is 4.97. The minimum Gasteiger partial charge on any atom is -0.489 e. The molecular weight excluding hydrogens is 474 g/mol. The van der Waals surface area contributed by atoms with Crippen LogP contribution < -0.4 is 9.62 Å². The topological polar surface area (TPSA) is 48.0 Å². The Kier molecular flexibility index (Phi) is 6.81. The van der Waals surface area contributed by atoms with Gasteiger partial charge in [-0.05, 0) is 82.5 Å². The summed E-state index contributed by atoms with van der Waals surface area (Å²) in [6.45, 7) is 1.98. The van der Waals surface area contributed by atoms with E-state index >= 15 is 0 Å². The van der Waals surface area contributed by atoms with Crippen molar-refractivity contribution in [1.82, 2.24) is 4.90 Å². The number of hydrogen-bond acceptors (Lipinski definition) is 4. The standard InChI is InChI=1S/C33H29NO4/c35-33(34-20-7-21-34)38-37-28-15-12-26(13-16-28)32-30(25-10-5-2-6-11-25)18-14-27-22-29(17-19-31(27)32)36-23-24-8-3-1-4-9-24/h1-6,8-13,15-17,19,22H,7,14,18,20-21,23H2. The SMILES string of the molecule is O=C(OOc1ccc(C2=C(c3ccccc3)CCc3cc(OCc4ccccc4)ccc32)cc1)N1CCC1. The maximum atomic E-state index is 12.0. The van der Waals surface area contributed by atoms with Gasteiger partial charge in [-0.2, -0.15) is 0 Å². The summed E-state index contributed by atoms with van der Waals surface area (Å²) in [7, 11) is 0. The Bertz CT molecular complexity index is 1440. The number of carbonyl (C=O) groups is 1. The summed E-state index contributed by atoms with van der Waals surface area (Å²) in [5.41, 5.74) is 8.46. The van der Waals surface area contributed by atoms with Crippen LogP contribution in [0.2, 0.25) is 0 Å². The van der Waals surface area contributed by atoms with Gasteiger partial charge in [0.05, 0.1) is 0 Å². The molecule has 0 saturated carbocycles. The predicted octanol–water partition coefficient (Wildman–Crippen LogP) is 7.31. The Morgan fingerprint density at radius 2 is 1.45 bits per heavy atom. The van der Waals surface area contributed by atoms with E-state index in [-0.39, 0.29) is 0 Å². The van der Waals surface area contributed by atoms with Crippen molar-refractivity contribution in [3.05, 3.63) is 131 Å². The van der Waals surface area contributed by atoms with Crippen LogP contribution in [0.3, 0.4) is 0 Å². The Labute approximate surface area is 222 Å². The summed E-state index contributed by atoms with van der Waals surface area (Å²) in [6, 6.07) is 34.9. The molecule has 4 aromatic carbocycles. The lowest BCUT2D eigenvalue weighted by molar-refractivity contribution is -0.157. The molecule has 0 radical (unpaired) electrons. The molecule has 0 N–H and O–H groups in total. The number of aryl methyl sites for hydroxylation is 1. The van der Waals surface area contributed by atoms with E-state index in [2.05, 4.69) is 54.6 Å². The van der Waals surface area contributed by atoms with Gasteiger partial charge in [0.15, 0.2) is 5.75 Å². The zero-order chi connectivity index (χ0) is 25.7. The number of nitrogens with zero attached hydrogens (tertiary/aromatic N) is 1. The van der Waals surface area contributed by atoms with Gasteiger partial charge < -0.3 is 9.64 Å². The molecule has 6 rings (SSSR count). The molecule has 1 heterocycles. The normalized spacial score (nSPS) is 14.4. The second-order valence-corrected chi connectivity index (χ2v) is 9.61. The lowest BCUT2D eigenvalue weighted by atomic mass is 9.79. The van der Waals surface area contributed by atoms with Gasteiger partial charge in [-0.3, -0.25) is 4.89 Å². The Balaban J connectivity index is 1.28. The molecule has 0 spiro atoms. The molecule has 190 valence electrons. The molecule has 0 aromatic heterocycles. The minimum atomic E-state index is -0.444. The first-order valence-corrected chi connectivity index (χ1v) is 13.1. The van der Waals surface area contributed by atoms with Crippen LogP contribution in [0.4, 0.5) is 4.79 Å². The predicted molar refractivity (Wildman–Crippen MR) is 148 cm³/mol. The summed E-state index contributed by atoms with van der Waals surface area (Å²) in [6.07, 6.45) is 2.44. The van der Waals surface area contributed by atoms with Gasteiger partial charge in [0, 0.05) is 13.1 Å². The van der Waals surface area contributed by atoms with E-state index in [1.54, 1.807) is 4.90 Å². The molecule has 1 aliphatic carbocycles. The molecule has 1 aliphatic heterocycles. The number of fused-ring (bicyclic) bond motifs is 1. The van der Waals surface area contributed by atoms with Gasteiger partial charge in [-0.25, -0.2) is 9.68 Å². The molecule has 5 nitrogen and oxygen atoms in total. The molecule has 0 bridgehead atoms. The number of likely N-dealkylation sites (tertiary alicyclic amines) is 1. The van der Waals surface area contributed by atoms with Gasteiger partial charge >= 0.3 is 6.09 Å². The minimum absolute atomic E-state index is 0.444. The number of rotatable bonds is 7. The molecule has 38 heavy (non-hydrogen) atoms. The van der Waals surface area contributed by atoms with E-state index in [9.17, 15) is 4.79 Å². The fourth-order valence-corrected chi connectivity index (χ4v) is 4.97. The van der Waals surface area contributed by atoms with Crippen molar-refractivity contribution in [2.24, 2.45) is 0 Å². The van der Waals surface area contributed by atoms with E-state index in [0.29, 0.717) is 12.4 Å². The zero-order valence-electron chi connectivity index (χ0n) is 21.1. The average Bonchev–Trinajstić information content (AvgIpc) is 2.95. The molecule has 0 unspecified atom stereocenters. The quantitative estimate of drug-likeness (QED) is 0.196. The highest BCUT2D eigenvalue weighted by molar-refractivity contribution is 6.00. The third-order valence-electron chi connectivity index (χ3n) is 7.13. The second kappa shape index (κ2) is 10.9. The van der Waals surface area contributed by atoms with E-state index in [0.717, 1.165) is 49.2 Å². The lowest BCUT2D eigenvalue weighted by Crippen LogP contribution is -2.42. The Morgan fingerprint density at radius 1 is 0.737 bits per heavy atom. The van der Waals surface area contributed by atoms with Crippen LogP contribution in [-0.2, 0) is 17.9 Å². The maximum absolute atomic E-state index is 12.0. The van der Waals surface area contributed by atoms with Crippen LogP contribution in [0.5, 0.6) is 11.5 Å². The van der Waals surface area contributed by atoms with Gasteiger partial charge in [-0.1, -0.05) is 78.9 Å². The fraction of sp³-hybridized carbons (Fsp3) is 0.182. The summed E-state index contributed by atoms with van der Waals surface area (Å²) in [4.78, 5) is 23.9. The number of ether oxygens (including phenoxy) is 1.